The van der Waals surface area contributed by atoms with Crippen molar-refractivity contribution in [3.05, 3.63) is 88.7 Å². The number of hydrogen-bond donors (Lipinski definition) is 1. The summed E-state index contributed by atoms with van der Waals surface area (Å²) < 4.78 is 7.41. The second-order valence-electron chi connectivity index (χ2n) is 6.22. The van der Waals surface area contributed by atoms with Crippen molar-refractivity contribution < 1.29 is 4.74 Å². The molecule has 0 fully saturated rings. The van der Waals surface area contributed by atoms with Gasteiger partial charge in [-0.2, -0.15) is 0 Å². The zero-order chi connectivity index (χ0) is 18.8. The lowest BCUT2D eigenvalue weighted by Crippen LogP contribution is -2.14. The van der Waals surface area contributed by atoms with E-state index in [-0.39, 0.29) is 5.43 Å². The van der Waals surface area contributed by atoms with E-state index < -0.39 is 0 Å². The van der Waals surface area contributed by atoms with Gasteiger partial charge in [0.2, 0.25) is 0 Å². The topological polar surface area (TPSA) is 56.1 Å². The fourth-order valence-corrected chi connectivity index (χ4v) is 3.16. The van der Waals surface area contributed by atoms with Crippen molar-refractivity contribution in [1.82, 2.24) is 9.55 Å². The highest BCUT2D eigenvalue weighted by Crippen LogP contribution is 2.28. The number of hydrogen-bond acceptors (Lipinski definition) is 4. The molecule has 2 heterocycles. The summed E-state index contributed by atoms with van der Waals surface area (Å²) in [5, 5.41) is 3.81. The van der Waals surface area contributed by atoms with Crippen LogP contribution < -0.4 is 15.5 Å². The number of nitrogens with one attached hydrogen (secondary N) is 1. The fourth-order valence-electron chi connectivity index (χ4n) is 3.16. The monoisotopic (exact) mass is 357 g/mol. The molecule has 0 spiro atoms. The summed E-state index contributed by atoms with van der Waals surface area (Å²) in [6.07, 6.45) is 0. The van der Waals surface area contributed by atoms with Crippen LogP contribution in [0.4, 0.5) is 11.5 Å². The van der Waals surface area contributed by atoms with Crippen molar-refractivity contribution >= 4 is 22.5 Å². The first-order valence-electron chi connectivity index (χ1n) is 8.66. The number of methoxy groups -OCH3 is 1. The number of aromatic nitrogens is 2. The van der Waals surface area contributed by atoms with Gasteiger partial charge in [0.05, 0.1) is 7.11 Å². The Morgan fingerprint density at radius 1 is 0.963 bits per heavy atom. The quantitative estimate of drug-likeness (QED) is 0.586. The summed E-state index contributed by atoms with van der Waals surface area (Å²) in [4.78, 5) is 17.6. The average molecular weight is 357 g/mol. The van der Waals surface area contributed by atoms with Crippen molar-refractivity contribution in [3.63, 3.8) is 0 Å². The van der Waals surface area contributed by atoms with Gasteiger partial charge < -0.3 is 10.1 Å². The fraction of sp³-hybridized carbons (Fsp3) is 0.0909. The van der Waals surface area contributed by atoms with E-state index in [2.05, 4.69) is 10.3 Å². The molecule has 0 unspecified atom stereocenters. The number of fused-ring (bicyclic) bond motifs is 1. The Balaban J connectivity index is 2.07. The predicted molar refractivity (Wildman–Crippen MR) is 108 cm³/mol. The number of ether oxygens (including phenoxy) is 1. The molecule has 1 N–H and O–H groups in total. The van der Waals surface area contributed by atoms with E-state index in [4.69, 9.17) is 4.74 Å². The molecular formula is C22H19N3O2. The molecule has 4 aromatic rings. The normalized spacial score (nSPS) is 10.7. The van der Waals surface area contributed by atoms with Gasteiger partial charge in [-0.25, -0.2) is 4.98 Å². The van der Waals surface area contributed by atoms with E-state index in [0.29, 0.717) is 22.6 Å². The standard InChI is InChI=1S/C22H19N3O2/c1-15-13-19(27-2)21-18(26)14-20(24-16-9-5-3-6-10-16)25(22(21)23-15)17-11-7-4-8-12-17/h3-14,24H,1-2H3. The number of nitrogens with zero attached hydrogens (tertiary/aromatic N) is 2. The van der Waals surface area contributed by atoms with Gasteiger partial charge in [-0.15, -0.1) is 0 Å². The van der Waals surface area contributed by atoms with Crippen molar-refractivity contribution in [1.29, 1.82) is 0 Å². The molecule has 4 rings (SSSR count). The molecule has 0 atom stereocenters. The molecule has 0 radical (unpaired) electrons. The second-order valence-corrected chi connectivity index (χ2v) is 6.22. The predicted octanol–water partition coefficient (Wildman–Crippen LogP) is 4.45. The first-order chi connectivity index (χ1) is 13.2. The highest BCUT2D eigenvalue weighted by atomic mass is 16.5. The minimum atomic E-state index is -0.139. The second kappa shape index (κ2) is 6.96. The smallest absolute Gasteiger partial charge is 0.196 e. The van der Waals surface area contributed by atoms with Crippen molar-refractivity contribution in [2.24, 2.45) is 0 Å². The summed E-state index contributed by atoms with van der Waals surface area (Å²) in [6, 6.07) is 22.9. The first-order valence-corrected chi connectivity index (χ1v) is 8.66. The lowest BCUT2D eigenvalue weighted by molar-refractivity contribution is 0.418. The summed E-state index contributed by atoms with van der Waals surface area (Å²) in [6.45, 7) is 1.89. The first kappa shape index (κ1) is 16.8. The van der Waals surface area contributed by atoms with Crippen LogP contribution in [0.3, 0.4) is 0 Å². The molecule has 0 amide bonds. The highest BCUT2D eigenvalue weighted by molar-refractivity contribution is 5.86. The highest BCUT2D eigenvalue weighted by Gasteiger charge is 2.16. The van der Waals surface area contributed by atoms with E-state index >= 15 is 0 Å². The molecule has 2 aromatic heterocycles. The van der Waals surface area contributed by atoms with E-state index in [1.54, 1.807) is 19.2 Å². The summed E-state index contributed by atoms with van der Waals surface area (Å²) in [7, 11) is 1.57. The minimum Gasteiger partial charge on any atom is -0.496 e. The van der Waals surface area contributed by atoms with Gasteiger partial charge in [0.15, 0.2) is 11.1 Å². The number of para-hydroxylation sites is 2. The zero-order valence-corrected chi connectivity index (χ0v) is 15.1. The molecular weight excluding hydrogens is 338 g/mol. The molecule has 0 saturated heterocycles. The van der Waals surface area contributed by atoms with E-state index in [1.165, 1.54) is 0 Å². The van der Waals surface area contributed by atoms with Crippen LogP contribution >= 0.6 is 0 Å². The SMILES string of the molecule is COc1cc(C)nc2c1c(=O)cc(Nc1ccccc1)n2-c1ccccc1. The van der Waals surface area contributed by atoms with E-state index in [0.717, 1.165) is 17.1 Å². The van der Waals surface area contributed by atoms with Gasteiger partial charge in [0, 0.05) is 29.2 Å². The largest absolute Gasteiger partial charge is 0.496 e. The van der Waals surface area contributed by atoms with E-state index in [9.17, 15) is 4.79 Å². The molecule has 5 nitrogen and oxygen atoms in total. The number of anilines is 2. The lowest BCUT2D eigenvalue weighted by atomic mass is 10.2. The van der Waals surface area contributed by atoms with Crippen LogP contribution in [0.5, 0.6) is 5.75 Å². The Morgan fingerprint density at radius 3 is 2.30 bits per heavy atom. The molecule has 0 aliphatic carbocycles. The summed E-state index contributed by atoms with van der Waals surface area (Å²) >= 11 is 0. The molecule has 134 valence electrons. The maximum Gasteiger partial charge on any atom is 0.196 e. The Kier molecular flexibility index (Phi) is 4.34. The third-order valence-electron chi connectivity index (χ3n) is 4.34. The summed E-state index contributed by atoms with van der Waals surface area (Å²) in [5.41, 5.74) is 2.99. The lowest BCUT2D eigenvalue weighted by Gasteiger charge is -2.19. The minimum absolute atomic E-state index is 0.139. The van der Waals surface area contributed by atoms with Crippen LogP contribution in [0, 0.1) is 6.92 Å². The van der Waals surface area contributed by atoms with Crippen molar-refractivity contribution in [2.45, 2.75) is 6.92 Å². The molecule has 27 heavy (non-hydrogen) atoms. The average Bonchev–Trinajstić information content (AvgIpc) is 2.68. The van der Waals surface area contributed by atoms with Crippen molar-refractivity contribution in [3.8, 4) is 11.4 Å². The van der Waals surface area contributed by atoms with Crippen LogP contribution in [0.15, 0.2) is 77.6 Å². The van der Waals surface area contributed by atoms with Gasteiger partial charge in [-0.3, -0.25) is 9.36 Å². The van der Waals surface area contributed by atoms with Gasteiger partial charge >= 0.3 is 0 Å². The van der Waals surface area contributed by atoms with Gasteiger partial charge in [-0.05, 0) is 31.2 Å². The summed E-state index contributed by atoms with van der Waals surface area (Å²) in [5.74, 6) is 1.17. The van der Waals surface area contributed by atoms with Crippen LogP contribution in [0.25, 0.3) is 16.7 Å². The van der Waals surface area contributed by atoms with Crippen molar-refractivity contribution in [2.75, 3.05) is 12.4 Å². The molecule has 2 aromatic carbocycles. The molecule has 0 bridgehead atoms. The third kappa shape index (κ3) is 3.15. The maximum absolute atomic E-state index is 12.9. The molecule has 0 aliphatic rings. The van der Waals surface area contributed by atoms with E-state index in [1.807, 2.05) is 72.2 Å². The van der Waals surface area contributed by atoms with Crippen LogP contribution in [0.2, 0.25) is 0 Å². The third-order valence-corrected chi connectivity index (χ3v) is 4.34. The Labute approximate surface area is 156 Å². The van der Waals surface area contributed by atoms with Gasteiger partial charge in [0.25, 0.3) is 0 Å². The van der Waals surface area contributed by atoms with Crippen LogP contribution in [0.1, 0.15) is 5.69 Å². The number of benzene rings is 2. The van der Waals surface area contributed by atoms with Crippen LogP contribution in [-0.2, 0) is 0 Å². The zero-order valence-electron chi connectivity index (χ0n) is 15.1. The molecule has 0 saturated carbocycles. The Bertz CT molecular complexity index is 1150. The number of aryl methyl sites for hydroxylation is 1. The molecule has 0 aliphatic heterocycles. The van der Waals surface area contributed by atoms with Gasteiger partial charge in [0.1, 0.15) is 17.0 Å². The number of rotatable bonds is 4. The molecule has 5 heteroatoms. The van der Waals surface area contributed by atoms with Gasteiger partial charge in [-0.1, -0.05) is 36.4 Å². The number of pyridine rings is 2. The Hall–Kier alpha value is -3.60. The van der Waals surface area contributed by atoms with Crippen LogP contribution in [-0.4, -0.2) is 16.7 Å². The Morgan fingerprint density at radius 2 is 1.63 bits per heavy atom. The maximum atomic E-state index is 12.9.